The molecule has 0 N–H and O–H groups in total. The first-order valence-electron chi connectivity index (χ1n) is 7.92. The second-order valence-corrected chi connectivity index (χ2v) is 8.28. The molecule has 24 heavy (non-hydrogen) atoms. The van der Waals surface area contributed by atoms with Crippen LogP contribution in [0.5, 0.6) is 0 Å². The van der Waals surface area contributed by atoms with Crippen LogP contribution in [-0.2, 0) is 10.8 Å². The summed E-state index contributed by atoms with van der Waals surface area (Å²) in [6.45, 7) is 12.4. The summed E-state index contributed by atoms with van der Waals surface area (Å²) in [5.41, 5.74) is -0.735. The van der Waals surface area contributed by atoms with Crippen LogP contribution < -0.4 is 0 Å². The lowest BCUT2D eigenvalue weighted by Crippen LogP contribution is -2.18. The minimum Gasteiger partial charge on any atom is -0.447 e. The van der Waals surface area contributed by atoms with E-state index in [4.69, 9.17) is 8.83 Å². The van der Waals surface area contributed by atoms with Gasteiger partial charge in [0.25, 0.3) is 0 Å². The molecule has 0 aliphatic heterocycles. The Morgan fingerprint density at radius 1 is 1.04 bits per heavy atom. The summed E-state index contributed by atoms with van der Waals surface area (Å²) in [6, 6.07) is 0. The Bertz CT molecular complexity index is 815. The van der Waals surface area contributed by atoms with E-state index in [0.717, 1.165) is 15.6 Å². The van der Waals surface area contributed by atoms with Crippen LogP contribution in [-0.4, -0.2) is 20.2 Å². The lowest BCUT2D eigenvalue weighted by Gasteiger charge is -2.20. The third-order valence-corrected chi connectivity index (χ3v) is 5.82. The molecular formula is C17H22N4O2S. The van der Waals surface area contributed by atoms with Gasteiger partial charge >= 0.3 is 0 Å². The molecule has 3 aromatic heterocycles. The summed E-state index contributed by atoms with van der Waals surface area (Å²) in [5, 5.41) is 9.35. The first-order valence-corrected chi connectivity index (χ1v) is 8.74. The van der Waals surface area contributed by atoms with Gasteiger partial charge in [0.15, 0.2) is 6.39 Å². The van der Waals surface area contributed by atoms with Crippen molar-refractivity contribution in [1.29, 1.82) is 0 Å². The number of thiazole rings is 1. The van der Waals surface area contributed by atoms with Crippen LogP contribution in [0.2, 0.25) is 0 Å². The molecule has 0 saturated carbocycles. The van der Waals surface area contributed by atoms with E-state index in [1.54, 1.807) is 17.5 Å². The molecule has 128 valence electrons. The van der Waals surface area contributed by atoms with Crippen LogP contribution in [0.25, 0.3) is 0 Å². The Labute approximate surface area is 145 Å². The Morgan fingerprint density at radius 3 is 2.38 bits per heavy atom. The molecular weight excluding hydrogens is 324 g/mol. The molecule has 0 radical (unpaired) electrons. The zero-order valence-corrected chi connectivity index (χ0v) is 15.6. The molecule has 0 unspecified atom stereocenters. The summed E-state index contributed by atoms with van der Waals surface area (Å²) >= 11 is 1.63. The fourth-order valence-corrected chi connectivity index (χ4v) is 3.43. The standard InChI is InChI=1S/C17H22N4O2S/c1-10(2)13-20-21-14(23-13)17(5,6)12-8-19-15(24-12)16(3,4)11-7-18-9-22-11/h7-10H,1-6H3. The molecule has 0 fully saturated rings. The van der Waals surface area contributed by atoms with Gasteiger partial charge in [-0.05, 0) is 27.7 Å². The SMILES string of the molecule is CC(C)c1nnc(C(C)(C)c2cnc(C(C)(C)c3cnco3)s2)o1. The molecule has 7 heteroatoms. The van der Waals surface area contributed by atoms with Crippen molar-refractivity contribution in [1.82, 2.24) is 20.2 Å². The van der Waals surface area contributed by atoms with E-state index in [9.17, 15) is 0 Å². The van der Waals surface area contributed by atoms with Gasteiger partial charge in [0, 0.05) is 17.0 Å². The van der Waals surface area contributed by atoms with E-state index in [-0.39, 0.29) is 11.3 Å². The fraction of sp³-hybridized carbons (Fsp3) is 0.529. The molecule has 6 nitrogen and oxygen atoms in total. The maximum Gasteiger partial charge on any atom is 0.227 e. The maximum absolute atomic E-state index is 5.86. The van der Waals surface area contributed by atoms with Crippen molar-refractivity contribution < 1.29 is 8.83 Å². The number of hydrogen-bond acceptors (Lipinski definition) is 7. The van der Waals surface area contributed by atoms with Crippen molar-refractivity contribution in [2.75, 3.05) is 0 Å². The highest BCUT2D eigenvalue weighted by atomic mass is 32.1. The van der Waals surface area contributed by atoms with Crippen molar-refractivity contribution in [2.24, 2.45) is 0 Å². The van der Waals surface area contributed by atoms with Gasteiger partial charge in [-0.2, -0.15) is 0 Å². The smallest absolute Gasteiger partial charge is 0.227 e. The van der Waals surface area contributed by atoms with Gasteiger partial charge in [-0.15, -0.1) is 21.5 Å². The summed E-state index contributed by atoms with van der Waals surface area (Å²) < 4.78 is 11.3. The molecule has 3 aromatic rings. The number of aromatic nitrogens is 4. The molecule has 0 aliphatic rings. The van der Waals surface area contributed by atoms with Crippen molar-refractivity contribution in [3.63, 3.8) is 0 Å². The van der Waals surface area contributed by atoms with Gasteiger partial charge in [0.05, 0.1) is 17.0 Å². The highest BCUT2D eigenvalue weighted by molar-refractivity contribution is 7.12. The second-order valence-electron chi connectivity index (χ2n) is 7.25. The Kier molecular flexibility index (Phi) is 4.07. The van der Waals surface area contributed by atoms with Crippen LogP contribution in [0.1, 0.15) is 74.9 Å². The zero-order chi connectivity index (χ0) is 17.5. The first kappa shape index (κ1) is 16.8. The minimum atomic E-state index is -0.395. The highest BCUT2D eigenvalue weighted by Gasteiger charge is 2.36. The van der Waals surface area contributed by atoms with Crippen LogP contribution in [0.3, 0.4) is 0 Å². The summed E-state index contributed by atoms with van der Waals surface area (Å²) in [5.74, 6) is 2.27. The monoisotopic (exact) mass is 346 g/mol. The number of oxazole rings is 1. The summed E-state index contributed by atoms with van der Waals surface area (Å²) in [7, 11) is 0. The van der Waals surface area contributed by atoms with E-state index in [1.165, 1.54) is 6.39 Å². The van der Waals surface area contributed by atoms with Gasteiger partial charge in [0.2, 0.25) is 11.8 Å². The average molecular weight is 346 g/mol. The molecule has 0 aromatic carbocycles. The molecule has 0 amide bonds. The normalized spacial score (nSPS) is 13.0. The Morgan fingerprint density at radius 2 is 1.79 bits per heavy atom. The van der Waals surface area contributed by atoms with Crippen molar-refractivity contribution in [3.05, 3.63) is 46.2 Å². The topological polar surface area (TPSA) is 77.8 Å². The molecule has 0 atom stereocenters. The highest BCUT2D eigenvalue weighted by Crippen LogP contribution is 2.40. The predicted octanol–water partition coefficient (Wildman–Crippen LogP) is 4.29. The number of rotatable bonds is 5. The van der Waals surface area contributed by atoms with E-state index >= 15 is 0 Å². The average Bonchev–Trinajstić information content (AvgIpc) is 3.25. The van der Waals surface area contributed by atoms with Crippen LogP contribution in [0.4, 0.5) is 0 Å². The van der Waals surface area contributed by atoms with E-state index in [0.29, 0.717) is 11.8 Å². The van der Waals surface area contributed by atoms with Crippen molar-refractivity contribution in [2.45, 2.75) is 58.3 Å². The first-order chi connectivity index (χ1) is 11.2. The molecule has 0 saturated heterocycles. The second kappa shape index (κ2) is 5.81. The predicted molar refractivity (Wildman–Crippen MR) is 91.3 cm³/mol. The molecule has 3 rings (SSSR count). The molecule has 0 aliphatic carbocycles. The van der Waals surface area contributed by atoms with Gasteiger partial charge in [0.1, 0.15) is 10.8 Å². The van der Waals surface area contributed by atoms with Crippen LogP contribution >= 0.6 is 11.3 Å². The molecule has 0 bridgehead atoms. The van der Waals surface area contributed by atoms with E-state index in [1.807, 2.05) is 20.0 Å². The van der Waals surface area contributed by atoms with E-state index in [2.05, 4.69) is 47.9 Å². The quantitative estimate of drug-likeness (QED) is 0.686. The van der Waals surface area contributed by atoms with E-state index < -0.39 is 5.41 Å². The number of hydrogen-bond donors (Lipinski definition) is 0. The Hall–Kier alpha value is -2.02. The van der Waals surface area contributed by atoms with Gasteiger partial charge < -0.3 is 8.83 Å². The minimum absolute atomic E-state index is 0.212. The molecule has 0 spiro atoms. The van der Waals surface area contributed by atoms with Crippen molar-refractivity contribution in [3.8, 4) is 0 Å². The third kappa shape index (κ3) is 2.77. The van der Waals surface area contributed by atoms with Crippen LogP contribution in [0.15, 0.2) is 27.6 Å². The zero-order valence-electron chi connectivity index (χ0n) is 14.8. The summed E-state index contributed by atoms with van der Waals surface area (Å²) in [6.07, 6.45) is 5.07. The summed E-state index contributed by atoms with van der Waals surface area (Å²) in [4.78, 5) is 9.70. The Balaban J connectivity index is 1.94. The lowest BCUT2D eigenvalue weighted by atomic mass is 9.91. The molecule has 3 heterocycles. The third-order valence-electron chi connectivity index (χ3n) is 4.17. The fourth-order valence-electron chi connectivity index (χ4n) is 2.31. The number of nitrogens with zero attached hydrogens (tertiary/aromatic N) is 4. The largest absolute Gasteiger partial charge is 0.447 e. The maximum atomic E-state index is 5.86. The van der Waals surface area contributed by atoms with Gasteiger partial charge in [-0.25, -0.2) is 9.97 Å². The van der Waals surface area contributed by atoms with Crippen LogP contribution in [0, 0.1) is 0 Å². The van der Waals surface area contributed by atoms with Gasteiger partial charge in [-0.3, -0.25) is 0 Å². The lowest BCUT2D eigenvalue weighted by molar-refractivity contribution is 0.380. The van der Waals surface area contributed by atoms with Crippen molar-refractivity contribution >= 4 is 11.3 Å². The van der Waals surface area contributed by atoms with Gasteiger partial charge in [-0.1, -0.05) is 13.8 Å².